The van der Waals surface area contributed by atoms with Gasteiger partial charge in [0.2, 0.25) is 5.76 Å². The second kappa shape index (κ2) is 6.34. The molecule has 1 heterocycles. The summed E-state index contributed by atoms with van der Waals surface area (Å²) in [7, 11) is 1.29. The first-order valence-electron chi connectivity index (χ1n) is 6.32. The van der Waals surface area contributed by atoms with Gasteiger partial charge in [0.05, 0.1) is 13.2 Å². The maximum Gasteiger partial charge on any atom is 0.373 e. The van der Waals surface area contributed by atoms with Crippen molar-refractivity contribution in [1.29, 1.82) is 0 Å². The number of hydrogen-bond acceptors (Lipinski definition) is 4. The van der Waals surface area contributed by atoms with E-state index in [1.54, 1.807) is 24.3 Å². The normalized spacial score (nSPS) is 12.2. The van der Waals surface area contributed by atoms with Gasteiger partial charge >= 0.3 is 5.97 Å². The van der Waals surface area contributed by atoms with Crippen molar-refractivity contribution in [3.63, 3.8) is 0 Å². The number of furan rings is 1. The zero-order valence-corrected chi connectivity index (χ0v) is 11.4. The molecule has 20 heavy (non-hydrogen) atoms. The Balaban J connectivity index is 2.33. The molecule has 2 aromatic rings. The van der Waals surface area contributed by atoms with Crippen LogP contribution in [0.25, 0.3) is 0 Å². The molecule has 0 fully saturated rings. The molecule has 0 saturated carbocycles. The Kier molecular flexibility index (Phi) is 4.53. The van der Waals surface area contributed by atoms with E-state index < -0.39 is 5.97 Å². The number of nitrogens with one attached hydrogen (secondary N) is 1. The second-order valence-electron chi connectivity index (χ2n) is 4.24. The fraction of sp³-hybridized carbons (Fsp3) is 0.267. The minimum atomic E-state index is -0.536. The Bertz CT molecular complexity index is 594. The molecule has 1 aromatic carbocycles. The van der Waals surface area contributed by atoms with Crippen molar-refractivity contribution in [1.82, 2.24) is 5.32 Å². The van der Waals surface area contributed by atoms with Crippen molar-refractivity contribution in [2.75, 3.05) is 13.7 Å². The zero-order chi connectivity index (χ0) is 14.5. The van der Waals surface area contributed by atoms with Gasteiger partial charge in [-0.15, -0.1) is 0 Å². The average molecular weight is 277 g/mol. The molecule has 1 unspecified atom stereocenters. The number of benzene rings is 1. The van der Waals surface area contributed by atoms with Gasteiger partial charge in [0, 0.05) is 0 Å². The van der Waals surface area contributed by atoms with Crippen molar-refractivity contribution in [2.24, 2.45) is 0 Å². The SMILES string of the molecule is CCNC(c1cccc(F)c1)c1ccc(C(=O)OC)o1. The lowest BCUT2D eigenvalue weighted by atomic mass is 10.0. The fourth-order valence-electron chi connectivity index (χ4n) is 1.99. The van der Waals surface area contributed by atoms with Crippen LogP contribution < -0.4 is 5.32 Å². The van der Waals surface area contributed by atoms with E-state index in [2.05, 4.69) is 10.1 Å². The van der Waals surface area contributed by atoms with Crippen molar-refractivity contribution in [3.8, 4) is 0 Å². The van der Waals surface area contributed by atoms with Crippen LogP contribution in [-0.2, 0) is 4.74 Å². The minimum absolute atomic E-state index is 0.127. The van der Waals surface area contributed by atoms with Crippen LogP contribution in [0.3, 0.4) is 0 Å². The second-order valence-corrected chi connectivity index (χ2v) is 4.24. The van der Waals surface area contributed by atoms with Crippen LogP contribution in [0.1, 0.15) is 34.8 Å². The molecular weight excluding hydrogens is 261 g/mol. The van der Waals surface area contributed by atoms with E-state index >= 15 is 0 Å². The number of ether oxygens (including phenoxy) is 1. The van der Waals surface area contributed by atoms with Gasteiger partial charge in [-0.2, -0.15) is 0 Å². The number of esters is 1. The third-order valence-electron chi connectivity index (χ3n) is 2.89. The summed E-state index contributed by atoms with van der Waals surface area (Å²) >= 11 is 0. The van der Waals surface area contributed by atoms with Gasteiger partial charge in [0.15, 0.2) is 0 Å². The fourth-order valence-corrected chi connectivity index (χ4v) is 1.99. The van der Waals surface area contributed by atoms with Crippen LogP contribution in [0, 0.1) is 5.82 Å². The van der Waals surface area contributed by atoms with E-state index in [4.69, 9.17) is 4.42 Å². The molecule has 0 aliphatic carbocycles. The molecule has 2 rings (SSSR count). The first-order chi connectivity index (χ1) is 9.65. The maximum atomic E-state index is 13.3. The van der Waals surface area contributed by atoms with E-state index in [9.17, 15) is 9.18 Å². The van der Waals surface area contributed by atoms with Crippen LogP contribution >= 0.6 is 0 Å². The Morgan fingerprint density at radius 1 is 1.40 bits per heavy atom. The number of halogens is 1. The van der Waals surface area contributed by atoms with E-state index in [0.29, 0.717) is 12.3 Å². The third-order valence-corrected chi connectivity index (χ3v) is 2.89. The molecule has 0 bridgehead atoms. The first-order valence-corrected chi connectivity index (χ1v) is 6.32. The molecule has 0 radical (unpaired) electrons. The van der Waals surface area contributed by atoms with Crippen molar-refractivity contribution >= 4 is 5.97 Å². The molecule has 106 valence electrons. The first kappa shape index (κ1) is 14.3. The number of carbonyl (C=O) groups is 1. The Morgan fingerprint density at radius 3 is 2.85 bits per heavy atom. The van der Waals surface area contributed by atoms with Gasteiger partial charge in [-0.3, -0.25) is 0 Å². The average Bonchev–Trinajstić information content (AvgIpc) is 2.93. The van der Waals surface area contributed by atoms with Gasteiger partial charge in [-0.1, -0.05) is 19.1 Å². The largest absolute Gasteiger partial charge is 0.463 e. The molecule has 0 amide bonds. The Labute approximate surface area is 116 Å². The molecule has 0 saturated heterocycles. The highest BCUT2D eigenvalue weighted by molar-refractivity contribution is 5.86. The molecule has 4 nitrogen and oxygen atoms in total. The van der Waals surface area contributed by atoms with E-state index in [0.717, 1.165) is 5.56 Å². The van der Waals surface area contributed by atoms with Crippen LogP contribution in [0.4, 0.5) is 4.39 Å². The molecule has 0 spiro atoms. The molecule has 5 heteroatoms. The van der Waals surface area contributed by atoms with Crippen LogP contribution in [0.5, 0.6) is 0 Å². The standard InChI is InChI=1S/C15H16FNO3/c1-3-17-14(10-5-4-6-11(16)9-10)12-7-8-13(20-12)15(18)19-2/h4-9,14,17H,3H2,1-2H3. The van der Waals surface area contributed by atoms with Gasteiger partial charge in [-0.25, -0.2) is 9.18 Å². The quantitative estimate of drug-likeness (QED) is 0.854. The van der Waals surface area contributed by atoms with Crippen molar-refractivity contribution in [3.05, 3.63) is 59.3 Å². The number of carbonyl (C=O) groups excluding carboxylic acids is 1. The summed E-state index contributed by atoms with van der Waals surface area (Å²) in [4.78, 5) is 11.4. The van der Waals surface area contributed by atoms with Crippen LogP contribution in [0.2, 0.25) is 0 Å². The number of rotatable bonds is 5. The summed E-state index contributed by atoms with van der Waals surface area (Å²) in [5.74, 6) is -0.185. The lowest BCUT2D eigenvalue weighted by Crippen LogP contribution is -2.21. The lowest BCUT2D eigenvalue weighted by Gasteiger charge is -2.16. The summed E-state index contributed by atoms with van der Waals surface area (Å²) < 4.78 is 23.4. The highest BCUT2D eigenvalue weighted by Gasteiger charge is 2.20. The van der Waals surface area contributed by atoms with Gasteiger partial charge < -0.3 is 14.5 Å². The molecule has 1 N–H and O–H groups in total. The highest BCUT2D eigenvalue weighted by atomic mass is 19.1. The van der Waals surface area contributed by atoms with E-state index in [1.165, 1.54) is 19.2 Å². The van der Waals surface area contributed by atoms with Crippen molar-refractivity contribution < 1.29 is 18.3 Å². The summed E-state index contributed by atoms with van der Waals surface area (Å²) in [6.07, 6.45) is 0. The van der Waals surface area contributed by atoms with Crippen molar-refractivity contribution in [2.45, 2.75) is 13.0 Å². The number of methoxy groups -OCH3 is 1. The highest BCUT2D eigenvalue weighted by Crippen LogP contribution is 2.24. The monoisotopic (exact) mass is 277 g/mol. The minimum Gasteiger partial charge on any atom is -0.463 e. The maximum absolute atomic E-state index is 13.3. The zero-order valence-electron chi connectivity index (χ0n) is 11.4. The predicted octanol–water partition coefficient (Wildman–Crippen LogP) is 2.90. The third kappa shape index (κ3) is 3.05. The summed E-state index contributed by atoms with van der Waals surface area (Å²) in [5, 5.41) is 3.20. The molecular formula is C15H16FNO3. The summed E-state index contributed by atoms with van der Waals surface area (Å²) in [5.41, 5.74) is 0.734. The van der Waals surface area contributed by atoms with Crippen LogP contribution in [-0.4, -0.2) is 19.6 Å². The Hall–Kier alpha value is -2.14. The molecule has 1 aromatic heterocycles. The van der Waals surface area contributed by atoms with Gasteiger partial charge in [-0.05, 0) is 36.4 Å². The van der Waals surface area contributed by atoms with E-state index in [-0.39, 0.29) is 17.6 Å². The number of hydrogen-bond donors (Lipinski definition) is 1. The van der Waals surface area contributed by atoms with Crippen LogP contribution in [0.15, 0.2) is 40.8 Å². The topological polar surface area (TPSA) is 51.5 Å². The lowest BCUT2D eigenvalue weighted by molar-refractivity contribution is 0.0562. The Morgan fingerprint density at radius 2 is 2.20 bits per heavy atom. The molecule has 0 aliphatic heterocycles. The van der Waals surface area contributed by atoms with Gasteiger partial charge in [0.25, 0.3) is 0 Å². The predicted molar refractivity (Wildman–Crippen MR) is 72.0 cm³/mol. The summed E-state index contributed by atoms with van der Waals surface area (Å²) in [6.45, 7) is 2.62. The van der Waals surface area contributed by atoms with E-state index in [1.807, 2.05) is 6.92 Å². The smallest absolute Gasteiger partial charge is 0.373 e. The molecule has 1 atom stereocenters. The molecule has 0 aliphatic rings. The summed E-state index contributed by atoms with van der Waals surface area (Å²) in [6, 6.07) is 9.18. The van der Waals surface area contributed by atoms with Gasteiger partial charge in [0.1, 0.15) is 11.6 Å².